The van der Waals surface area contributed by atoms with Crippen LogP contribution in [0.5, 0.6) is 0 Å². The molecule has 1 aromatic carbocycles. The number of aromatic nitrogens is 4. The summed E-state index contributed by atoms with van der Waals surface area (Å²) >= 11 is 3.29. The van der Waals surface area contributed by atoms with Gasteiger partial charge in [0.2, 0.25) is 5.95 Å². The first-order chi connectivity index (χ1) is 10.2. The summed E-state index contributed by atoms with van der Waals surface area (Å²) in [6, 6.07) is 11.9. The van der Waals surface area contributed by atoms with Gasteiger partial charge in [-0.25, -0.2) is 0 Å². The molecular formula is C14H14BrN5O. The molecule has 0 amide bonds. The van der Waals surface area contributed by atoms with E-state index in [0.717, 1.165) is 22.5 Å². The Bertz CT molecular complexity index is 719. The highest BCUT2D eigenvalue weighted by molar-refractivity contribution is 9.10. The molecule has 0 saturated heterocycles. The zero-order chi connectivity index (χ0) is 14.7. The van der Waals surface area contributed by atoms with Crippen LogP contribution in [-0.2, 0) is 6.42 Å². The molecule has 6 nitrogen and oxygen atoms in total. The average Bonchev–Trinajstić information content (AvgIpc) is 3.09. The predicted molar refractivity (Wildman–Crippen MR) is 82.5 cm³/mol. The van der Waals surface area contributed by atoms with E-state index in [2.05, 4.69) is 36.8 Å². The van der Waals surface area contributed by atoms with Crippen LogP contribution < -0.4 is 5.32 Å². The Morgan fingerprint density at radius 1 is 1.19 bits per heavy atom. The summed E-state index contributed by atoms with van der Waals surface area (Å²) in [4.78, 5) is 0. The van der Waals surface area contributed by atoms with Crippen LogP contribution in [0.15, 0.2) is 45.5 Å². The van der Waals surface area contributed by atoms with E-state index in [0.29, 0.717) is 12.5 Å². The maximum atomic E-state index is 5.45. The Labute approximate surface area is 130 Å². The standard InChI is InChI=1S/C14H14BrN5O/c1-10-2-4-11(5-3-10)20-14(17-18-19-20)16-9-8-12-6-7-13(15)21-12/h2-7H,8-9H2,1H3,(H,16,17,19). The lowest BCUT2D eigenvalue weighted by molar-refractivity contribution is 0.491. The number of hydrogen-bond donors (Lipinski definition) is 1. The first-order valence-electron chi connectivity index (χ1n) is 6.56. The monoisotopic (exact) mass is 347 g/mol. The minimum Gasteiger partial charge on any atom is -0.454 e. The fourth-order valence-corrected chi connectivity index (χ4v) is 2.28. The molecule has 108 valence electrons. The van der Waals surface area contributed by atoms with Crippen molar-refractivity contribution in [3.8, 4) is 5.69 Å². The summed E-state index contributed by atoms with van der Waals surface area (Å²) in [6.45, 7) is 2.73. The van der Waals surface area contributed by atoms with Gasteiger partial charge in [-0.3, -0.25) is 0 Å². The van der Waals surface area contributed by atoms with Gasteiger partial charge in [-0.2, -0.15) is 4.68 Å². The van der Waals surface area contributed by atoms with Crippen molar-refractivity contribution in [3.05, 3.63) is 52.4 Å². The van der Waals surface area contributed by atoms with Crippen LogP contribution in [-0.4, -0.2) is 26.8 Å². The smallest absolute Gasteiger partial charge is 0.247 e. The van der Waals surface area contributed by atoms with E-state index in [1.54, 1.807) is 4.68 Å². The first-order valence-corrected chi connectivity index (χ1v) is 7.35. The number of halogens is 1. The lowest BCUT2D eigenvalue weighted by Gasteiger charge is -2.06. The molecule has 0 radical (unpaired) electrons. The van der Waals surface area contributed by atoms with E-state index in [-0.39, 0.29) is 0 Å². The number of aryl methyl sites for hydroxylation is 1. The Balaban J connectivity index is 1.66. The molecule has 7 heteroatoms. The summed E-state index contributed by atoms with van der Waals surface area (Å²) in [7, 11) is 0. The third-order valence-electron chi connectivity index (χ3n) is 3.03. The summed E-state index contributed by atoms with van der Waals surface area (Å²) in [5, 5.41) is 14.9. The van der Waals surface area contributed by atoms with E-state index in [9.17, 15) is 0 Å². The van der Waals surface area contributed by atoms with Crippen LogP contribution in [0.2, 0.25) is 0 Å². The molecule has 3 rings (SSSR count). The minimum absolute atomic E-state index is 0.615. The number of rotatable bonds is 5. The molecule has 0 aliphatic heterocycles. The molecular weight excluding hydrogens is 334 g/mol. The molecule has 0 atom stereocenters. The molecule has 3 aromatic rings. The third kappa shape index (κ3) is 3.30. The number of furan rings is 1. The SMILES string of the molecule is Cc1ccc(-n2nnnc2NCCc2ccc(Br)o2)cc1. The maximum absolute atomic E-state index is 5.45. The number of tetrazole rings is 1. The van der Waals surface area contributed by atoms with Gasteiger partial charge in [0, 0.05) is 13.0 Å². The molecule has 0 saturated carbocycles. The lowest BCUT2D eigenvalue weighted by Crippen LogP contribution is -2.10. The second-order valence-corrected chi connectivity index (χ2v) is 5.41. The summed E-state index contributed by atoms with van der Waals surface area (Å²) in [5.74, 6) is 1.52. The largest absolute Gasteiger partial charge is 0.454 e. The number of hydrogen-bond acceptors (Lipinski definition) is 5. The van der Waals surface area contributed by atoms with Crippen LogP contribution in [0.3, 0.4) is 0 Å². The van der Waals surface area contributed by atoms with Crippen LogP contribution in [0.25, 0.3) is 5.69 Å². The van der Waals surface area contributed by atoms with Gasteiger partial charge in [-0.15, -0.1) is 0 Å². The highest BCUT2D eigenvalue weighted by Crippen LogP contribution is 2.15. The zero-order valence-corrected chi connectivity index (χ0v) is 13.0. The van der Waals surface area contributed by atoms with Crippen LogP contribution in [0.1, 0.15) is 11.3 Å². The Hall–Kier alpha value is -2.15. The van der Waals surface area contributed by atoms with Crippen molar-refractivity contribution >= 4 is 21.9 Å². The maximum Gasteiger partial charge on any atom is 0.247 e. The number of anilines is 1. The summed E-state index contributed by atoms with van der Waals surface area (Å²) in [6.07, 6.45) is 0.756. The van der Waals surface area contributed by atoms with Gasteiger partial charge in [0.15, 0.2) is 4.67 Å². The van der Waals surface area contributed by atoms with Crippen molar-refractivity contribution in [1.29, 1.82) is 0 Å². The van der Waals surface area contributed by atoms with E-state index < -0.39 is 0 Å². The van der Waals surface area contributed by atoms with Gasteiger partial charge in [0.1, 0.15) is 5.76 Å². The van der Waals surface area contributed by atoms with E-state index >= 15 is 0 Å². The van der Waals surface area contributed by atoms with Crippen molar-refractivity contribution in [2.75, 3.05) is 11.9 Å². The summed E-state index contributed by atoms with van der Waals surface area (Å²) < 4.78 is 7.87. The molecule has 1 N–H and O–H groups in total. The molecule has 0 aliphatic carbocycles. The zero-order valence-electron chi connectivity index (χ0n) is 11.5. The Morgan fingerprint density at radius 2 is 2.00 bits per heavy atom. The van der Waals surface area contributed by atoms with Gasteiger partial charge in [-0.05, 0) is 57.5 Å². The highest BCUT2D eigenvalue weighted by Gasteiger charge is 2.08. The van der Waals surface area contributed by atoms with Crippen molar-refractivity contribution in [1.82, 2.24) is 20.2 Å². The summed E-state index contributed by atoms with van der Waals surface area (Å²) in [5.41, 5.74) is 2.12. The van der Waals surface area contributed by atoms with Gasteiger partial charge in [0.25, 0.3) is 0 Å². The molecule has 2 aromatic heterocycles. The van der Waals surface area contributed by atoms with Crippen molar-refractivity contribution in [2.45, 2.75) is 13.3 Å². The quantitative estimate of drug-likeness (QED) is 0.768. The molecule has 21 heavy (non-hydrogen) atoms. The van der Waals surface area contributed by atoms with Gasteiger partial charge < -0.3 is 9.73 Å². The normalized spacial score (nSPS) is 10.8. The van der Waals surface area contributed by atoms with Crippen LogP contribution in [0.4, 0.5) is 5.95 Å². The van der Waals surface area contributed by atoms with E-state index in [4.69, 9.17) is 4.42 Å². The molecule has 0 unspecified atom stereocenters. The highest BCUT2D eigenvalue weighted by atomic mass is 79.9. The first kappa shape index (κ1) is 13.8. The molecule has 0 fully saturated rings. The molecule has 2 heterocycles. The molecule has 0 bridgehead atoms. The average molecular weight is 348 g/mol. The fourth-order valence-electron chi connectivity index (χ4n) is 1.94. The number of benzene rings is 1. The van der Waals surface area contributed by atoms with E-state index in [1.165, 1.54) is 5.56 Å². The topological polar surface area (TPSA) is 68.8 Å². The number of nitrogens with one attached hydrogen (secondary N) is 1. The second-order valence-electron chi connectivity index (χ2n) is 4.63. The van der Waals surface area contributed by atoms with E-state index in [1.807, 2.05) is 43.3 Å². The van der Waals surface area contributed by atoms with Gasteiger partial charge in [0.05, 0.1) is 5.69 Å². The van der Waals surface area contributed by atoms with Gasteiger partial charge in [-0.1, -0.05) is 22.8 Å². The third-order valence-corrected chi connectivity index (χ3v) is 3.46. The van der Waals surface area contributed by atoms with Gasteiger partial charge >= 0.3 is 0 Å². The fraction of sp³-hybridized carbons (Fsp3) is 0.214. The van der Waals surface area contributed by atoms with Crippen molar-refractivity contribution in [2.24, 2.45) is 0 Å². The van der Waals surface area contributed by atoms with Crippen molar-refractivity contribution < 1.29 is 4.42 Å². The predicted octanol–water partition coefficient (Wildman–Crippen LogP) is 2.98. The lowest BCUT2D eigenvalue weighted by atomic mass is 10.2. The van der Waals surface area contributed by atoms with Crippen LogP contribution >= 0.6 is 15.9 Å². The Kier molecular flexibility index (Phi) is 4.01. The Morgan fingerprint density at radius 3 is 2.71 bits per heavy atom. The van der Waals surface area contributed by atoms with Crippen LogP contribution in [0, 0.1) is 6.92 Å². The second kappa shape index (κ2) is 6.09. The molecule has 0 aliphatic rings. The molecule has 0 spiro atoms. The van der Waals surface area contributed by atoms with Crippen molar-refractivity contribution in [3.63, 3.8) is 0 Å². The number of nitrogens with zero attached hydrogens (tertiary/aromatic N) is 4. The minimum atomic E-state index is 0.615.